The van der Waals surface area contributed by atoms with Gasteiger partial charge in [0.1, 0.15) is 19.3 Å². The molecule has 0 aliphatic heterocycles. The van der Waals surface area contributed by atoms with Gasteiger partial charge in [0.15, 0.2) is 12.2 Å². The standard InChI is InChI=1S/C53H102O17P2/c1-5-9-13-17-19-20-21-22-23-24-25-26-28-32-36-40-53(58)70-49(44-64-51(56)38-34-31-27-18-14-10-6-2)46-68-72(61,62)66-42-47(54)41-65-71(59,60)67-45-48(69-52(57)39-35-30-16-12-8-4)43-63-50(55)37-33-29-15-11-7-3/h47-49,54H,5-46H2,1-4H3,(H,59,60)(H,61,62)/t47-,48-,49-/m1/s1. The quantitative estimate of drug-likeness (QED) is 0.0222. The molecule has 17 nitrogen and oxygen atoms in total. The Labute approximate surface area is 435 Å². The Bertz CT molecular complexity index is 1420. The molecule has 0 saturated heterocycles. The van der Waals surface area contributed by atoms with Crippen LogP contribution in [0.25, 0.3) is 0 Å². The minimum atomic E-state index is -4.93. The summed E-state index contributed by atoms with van der Waals surface area (Å²) in [4.78, 5) is 71.0. The molecule has 0 aliphatic rings. The Balaban J connectivity index is 5.08. The molecule has 426 valence electrons. The van der Waals surface area contributed by atoms with E-state index in [0.29, 0.717) is 25.7 Å². The van der Waals surface area contributed by atoms with Gasteiger partial charge >= 0.3 is 39.5 Å². The van der Waals surface area contributed by atoms with Gasteiger partial charge in [-0.1, -0.05) is 207 Å². The first-order chi connectivity index (χ1) is 34.7. The molecule has 0 amide bonds. The van der Waals surface area contributed by atoms with Crippen molar-refractivity contribution in [2.45, 2.75) is 277 Å². The number of ether oxygens (including phenoxy) is 4. The Hall–Kier alpha value is -1.94. The van der Waals surface area contributed by atoms with Crippen LogP contribution in [-0.4, -0.2) is 96.7 Å². The van der Waals surface area contributed by atoms with Crippen molar-refractivity contribution in [3.8, 4) is 0 Å². The maximum Gasteiger partial charge on any atom is 0.472 e. The number of rotatable bonds is 54. The van der Waals surface area contributed by atoms with Crippen LogP contribution in [0.3, 0.4) is 0 Å². The molecular weight excluding hydrogens is 971 g/mol. The fourth-order valence-electron chi connectivity index (χ4n) is 7.69. The van der Waals surface area contributed by atoms with Gasteiger partial charge in [-0.25, -0.2) is 9.13 Å². The van der Waals surface area contributed by atoms with Gasteiger partial charge in [-0.05, 0) is 25.7 Å². The number of carbonyl (C=O) groups is 4. The van der Waals surface area contributed by atoms with Crippen molar-refractivity contribution in [3.63, 3.8) is 0 Å². The van der Waals surface area contributed by atoms with Gasteiger partial charge in [0.2, 0.25) is 0 Å². The van der Waals surface area contributed by atoms with Crippen LogP contribution in [0, 0.1) is 0 Å². The van der Waals surface area contributed by atoms with Crippen LogP contribution in [0.4, 0.5) is 0 Å². The molecule has 2 unspecified atom stereocenters. The molecule has 0 rings (SSSR count). The third kappa shape index (κ3) is 47.8. The molecule has 0 aromatic heterocycles. The Morgan fingerprint density at radius 3 is 0.819 bits per heavy atom. The summed E-state index contributed by atoms with van der Waals surface area (Å²) in [5.74, 6) is -2.18. The lowest BCUT2D eigenvalue weighted by Gasteiger charge is -2.21. The van der Waals surface area contributed by atoms with E-state index in [0.717, 1.165) is 109 Å². The van der Waals surface area contributed by atoms with E-state index in [4.69, 9.17) is 37.0 Å². The molecule has 0 fully saturated rings. The summed E-state index contributed by atoms with van der Waals surface area (Å²) in [5.41, 5.74) is 0. The predicted octanol–water partition coefficient (Wildman–Crippen LogP) is 13.6. The topological polar surface area (TPSA) is 237 Å². The number of phosphoric ester groups is 2. The van der Waals surface area contributed by atoms with Crippen LogP contribution in [-0.2, 0) is 65.4 Å². The van der Waals surface area contributed by atoms with Crippen molar-refractivity contribution in [1.82, 2.24) is 0 Å². The lowest BCUT2D eigenvalue weighted by molar-refractivity contribution is -0.161. The second-order valence-electron chi connectivity index (χ2n) is 19.3. The van der Waals surface area contributed by atoms with Gasteiger partial charge in [-0.3, -0.25) is 37.3 Å². The average molecular weight is 1070 g/mol. The zero-order valence-electron chi connectivity index (χ0n) is 45.4. The highest BCUT2D eigenvalue weighted by atomic mass is 31.2. The Morgan fingerprint density at radius 2 is 0.556 bits per heavy atom. The van der Waals surface area contributed by atoms with Crippen LogP contribution in [0.5, 0.6) is 0 Å². The van der Waals surface area contributed by atoms with E-state index in [9.17, 15) is 43.2 Å². The third-order valence-electron chi connectivity index (χ3n) is 12.1. The van der Waals surface area contributed by atoms with E-state index >= 15 is 0 Å². The molecule has 0 spiro atoms. The molecular formula is C53H102O17P2. The number of aliphatic hydroxyl groups excluding tert-OH is 1. The smallest absolute Gasteiger partial charge is 0.462 e. The van der Waals surface area contributed by atoms with Gasteiger partial charge in [-0.15, -0.1) is 0 Å². The summed E-state index contributed by atoms with van der Waals surface area (Å²) in [7, 11) is -9.84. The second-order valence-corrected chi connectivity index (χ2v) is 22.2. The maximum absolute atomic E-state index is 12.8. The highest BCUT2D eigenvalue weighted by Crippen LogP contribution is 2.45. The maximum atomic E-state index is 12.8. The largest absolute Gasteiger partial charge is 0.472 e. The molecule has 0 aromatic rings. The minimum absolute atomic E-state index is 0.0989. The molecule has 0 aromatic carbocycles. The highest BCUT2D eigenvalue weighted by molar-refractivity contribution is 7.47. The van der Waals surface area contributed by atoms with Gasteiger partial charge in [0.25, 0.3) is 0 Å². The molecule has 0 aliphatic carbocycles. The van der Waals surface area contributed by atoms with E-state index in [-0.39, 0.29) is 25.7 Å². The summed E-state index contributed by atoms with van der Waals surface area (Å²) in [5, 5.41) is 10.4. The van der Waals surface area contributed by atoms with Crippen LogP contribution in [0.15, 0.2) is 0 Å². The molecule has 72 heavy (non-hydrogen) atoms. The zero-order chi connectivity index (χ0) is 53.4. The van der Waals surface area contributed by atoms with Crippen LogP contribution in [0.2, 0.25) is 0 Å². The normalized spacial score (nSPS) is 14.5. The van der Waals surface area contributed by atoms with Gasteiger partial charge in [-0.2, -0.15) is 0 Å². The number of hydrogen-bond acceptors (Lipinski definition) is 15. The fourth-order valence-corrected chi connectivity index (χ4v) is 9.27. The number of hydrogen-bond donors (Lipinski definition) is 3. The summed E-state index contributed by atoms with van der Waals surface area (Å²) in [6, 6.07) is 0. The highest BCUT2D eigenvalue weighted by Gasteiger charge is 2.30. The van der Waals surface area contributed by atoms with E-state index in [1.165, 1.54) is 70.6 Å². The fraction of sp³-hybridized carbons (Fsp3) is 0.925. The number of unbranched alkanes of at least 4 members (excludes halogenated alkanes) is 28. The number of aliphatic hydroxyl groups is 1. The van der Waals surface area contributed by atoms with E-state index in [1.807, 2.05) is 0 Å². The Kier molecular flexibility index (Phi) is 47.4. The third-order valence-corrected chi connectivity index (χ3v) is 14.0. The second kappa shape index (κ2) is 48.7. The lowest BCUT2D eigenvalue weighted by Crippen LogP contribution is -2.30. The van der Waals surface area contributed by atoms with Crippen LogP contribution in [0.1, 0.15) is 259 Å². The first-order valence-corrected chi connectivity index (χ1v) is 31.3. The van der Waals surface area contributed by atoms with Crippen molar-refractivity contribution in [3.05, 3.63) is 0 Å². The summed E-state index contributed by atoms with van der Waals surface area (Å²) < 4.78 is 67.0. The van der Waals surface area contributed by atoms with Crippen molar-refractivity contribution < 1.29 is 80.2 Å². The van der Waals surface area contributed by atoms with Crippen LogP contribution >= 0.6 is 15.6 Å². The SMILES string of the molecule is CCCCCCCCCCCCCCCCCC(=O)O[C@H](COC(=O)CCCCCCCCC)COP(=O)(O)OC[C@H](O)COP(=O)(O)OC[C@@H](COC(=O)CCCCCCC)OC(=O)CCCCCCC. The molecule has 19 heteroatoms. The predicted molar refractivity (Wildman–Crippen MR) is 280 cm³/mol. The molecule has 0 radical (unpaired) electrons. The Morgan fingerprint density at radius 1 is 0.333 bits per heavy atom. The molecule has 5 atom stereocenters. The van der Waals surface area contributed by atoms with E-state index in [1.54, 1.807) is 0 Å². The summed E-state index contributed by atoms with van der Waals surface area (Å²) in [6.07, 6.45) is 30.2. The molecule has 0 heterocycles. The first kappa shape index (κ1) is 70.1. The van der Waals surface area contributed by atoms with Gasteiger partial charge in [0.05, 0.1) is 26.4 Å². The summed E-state index contributed by atoms with van der Waals surface area (Å²) in [6.45, 7) is 4.59. The monoisotopic (exact) mass is 1070 g/mol. The minimum Gasteiger partial charge on any atom is -0.462 e. The van der Waals surface area contributed by atoms with Crippen LogP contribution < -0.4 is 0 Å². The number of esters is 4. The van der Waals surface area contributed by atoms with E-state index in [2.05, 4.69) is 27.7 Å². The van der Waals surface area contributed by atoms with Crippen molar-refractivity contribution >= 4 is 39.5 Å². The van der Waals surface area contributed by atoms with E-state index < -0.39 is 97.5 Å². The molecule has 0 saturated carbocycles. The number of phosphoric acid groups is 2. The van der Waals surface area contributed by atoms with Gasteiger partial charge < -0.3 is 33.8 Å². The van der Waals surface area contributed by atoms with Crippen molar-refractivity contribution in [1.29, 1.82) is 0 Å². The average Bonchev–Trinajstić information content (AvgIpc) is 3.35. The zero-order valence-corrected chi connectivity index (χ0v) is 47.2. The number of carbonyl (C=O) groups excluding carboxylic acids is 4. The summed E-state index contributed by atoms with van der Waals surface area (Å²) >= 11 is 0. The van der Waals surface area contributed by atoms with Crippen molar-refractivity contribution in [2.24, 2.45) is 0 Å². The molecule has 0 bridgehead atoms. The molecule has 3 N–H and O–H groups in total. The van der Waals surface area contributed by atoms with Crippen molar-refractivity contribution in [2.75, 3.05) is 39.6 Å². The first-order valence-electron chi connectivity index (χ1n) is 28.3. The van der Waals surface area contributed by atoms with Gasteiger partial charge in [0, 0.05) is 25.7 Å². The lowest BCUT2D eigenvalue weighted by atomic mass is 10.0.